The molecule has 2 aliphatic rings. The average molecular weight is 543 g/mol. The van der Waals surface area contributed by atoms with Crippen LogP contribution in [-0.2, 0) is 15.0 Å². The Morgan fingerprint density at radius 1 is 0.975 bits per heavy atom. The molecule has 1 atom stereocenters. The fourth-order valence-electron chi connectivity index (χ4n) is 5.59. The number of Topliss-reactive ketones (excluding diaryl/α,β-unsaturated/α-hetero) is 1. The number of amides is 1. The maximum atomic E-state index is 15.3. The Morgan fingerprint density at radius 2 is 1.62 bits per heavy atom. The van der Waals surface area contributed by atoms with E-state index in [9.17, 15) is 14.7 Å². The van der Waals surface area contributed by atoms with Crippen LogP contribution in [0.2, 0.25) is 0 Å². The van der Waals surface area contributed by atoms with Gasteiger partial charge >= 0.3 is 0 Å². The summed E-state index contributed by atoms with van der Waals surface area (Å²) in [6.45, 7) is 10.4. The molecule has 5 rings (SSSR count). The SMILES string of the molecule is CCOc1ccc(/C(O)=C2\C(=O)C(=O)N(c3ccc(N4CCCC4)cc3)C2c2ccccc2F)cc1C(C)(C)C. The van der Waals surface area contributed by atoms with Crippen molar-refractivity contribution < 1.29 is 23.8 Å². The Labute approximate surface area is 234 Å². The van der Waals surface area contributed by atoms with E-state index in [1.54, 1.807) is 48.5 Å². The highest BCUT2D eigenvalue weighted by Crippen LogP contribution is 2.44. The van der Waals surface area contributed by atoms with Crippen LogP contribution in [0.4, 0.5) is 15.8 Å². The Bertz CT molecular complexity index is 1470. The monoisotopic (exact) mass is 542 g/mol. The second-order valence-electron chi connectivity index (χ2n) is 11.3. The minimum absolute atomic E-state index is 0.133. The number of hydrogen-bond acceptors (Lipinski definition) is 5. The van der Waals surface area contributed by atoms with Crippen LogP contribution in [0.1, 0.15) is 63.3 Å². The van der Waals surface area contributed by atoms with Gasteiger partial charge in [-0.3, -0.25) is 14.5 Å². The van der Waals surface area contributed by atoms with Gasteiger partial charge in [0.25, 0.3) is 11.7 Å². The fourth-order valence-corrected chi connectivity index (χ4v) is 5.59. The van der Waals surface area contributed by atoms with Crippen LogP contribution in [0.5, 0.6) is 5.75 Å². The molecule has 0 spiro atoms. The lowest BCUT2D eigenvalue weighted by molar-refractivity contribution is -0.132. The van der Waals surface area contributed by atoms with Crippen LogP contribution in [-0.4, -0.2) is 36.5 Å². The first-order valence-corrected chi connectivity index (χ1v) is 13.8. The molecule has 3 aromatic carbocycles. The van der Waals surface area contributed by atoms with E-state index in [0.717, 1.165) is 37.2 Å². The van der Waals surface area contributed by atoms with Crippen LogP contribution >= 0.6 is 0 Å². The van der Waals surface area contributed by atoms with E-state index < -0.39 is 23.5 Å². The molecule has 2 saturated heterocycles. The third kappa shape index (κ3) is 4.96. The number of ether oxygens (including phenoxy) is 1. The number of halogens is 1. The summed E-state index contributed by atoms with van der Waals surface area (Å²) >= 11 is 0. The first-order chi connectivity index (χ1) is 19.1. The van der Waals surface area contributed by atoms with E-state index in [1.165, 1.54) is 11.0 Å². The molecule has 7 heteroatoms. The van der Waals surface area contributed by atoms with Gasteiger partial charge in [-0.05, 0) is 73.7 Å². The molecule has 1 N–H and O–H groups in total. The molecule has 208 valence electrons. The van der Waals surface area contributed by atoms with Gasteiger partial charge < -0.3 is 14.7 Å². The first kappa shape index (κ1) is 27.4. The highest BCUT2D eigenvalue weighted by atomic mass is 19.1. The van der Waals surface area contributed by atoms with Gasteiger partial charge in [0.1, 0.15) is 17.3 Å². The van der Waals surface area contributed by atoms with Crippen LogP contribution < -0.4 is 14.5 Å². The maximum absolute atomic E-state index is 15.3. The summed E-state index contributed by atoms with van der Waals surface area (Å²) in [6.07, 6.45) is 2.26. The maximum Gasteiger partial charge on any atom is 0.300 e. The van der Waals surface area contributed by atoms with Crippen LogP contribution in [0.25, 0.3) is 5.76 Å². The number of anilines is 2. The highest BCUT2D eigenvalue weighted by Gasteiger charge is 2.48. The normalized spacial score (nSPS) is 19.0. The largest absolute Gasteiger partial charge is 0.507 e. The quantitative estimate of drug-likeness (QED) is 0.212. The predicted molar refractivity (Wildman–Crippen MR) is 155 cm³/mol. The lowest BCUT2D eigenvalue weighted by atomic mass is 9.84. The van der Waals surface area contributed by atoms with Crippen molar-refractivity contribution in [2.45, 2.75) is 52.0 Å². The number of hydrogen-bond donors (Lipinski definition) is 1. The Morgan fingerprint density at radius 3 is 2.25 bits per heavy atom. The second-order valence-corrected chi connectivity index (χ2v) is 11.3. The fraction of sp³-hybridized carbons (Fsp3) is 0.333. The summed E-state index contributed by atoms with van der Waals surface area (Å²) in [7, 11) is 0. The molecule has 0 aliphatic carbocycles. The summed E-state index contributed by atoms with van der Waals surface area (Å²) in [5, 5.41) is 11.6. The molecule has 0 aromatic heterocycles. The first-order valence-electron chi connectivity index (χ1n) is 13.8. The molecular formula is C33H35FN2O4. The Balaban J connectivity index is 1.66. The zero-order valence-electron chi connectivity index (χ0n) is 23.4. The molecule has 2 fully saturated rings. The summed E-state index contributed by atoms with van der Waals surface area (Å²) in [5.74, 6) is -1.92. The molecule has 40 heavy (non-hydrogen) atoms. The van der Waals surface area contributed by atoms with Crippen molar-refractivity contribution in [1.82, 2.24) is 0 Å². The zero-order chi connectivity index (χ0) is 28.6. The van der Waals surface area contributed by atoms with Crippen LogP contribution in [0, 0.1) is 5.82 Å². The van der Waals surface area contributed by atoms with Crippen molar-refractivity contribution in [2.75, 3.05) is 29.5 Å². The second kappa shape index (κ2) is 10.8. The Hall–Kier alpha value is -4.13. The predicted octanol–water partition coefficient (Wildman–Crippen LogP) is 6.75. The van der Waals surface area contributed by atoms with Gasteiger partial charge in [0, 0.05) is 41.2 Å². The summed E-state index contributed by atoms with van der Waals surface area (Å²) < 4.78 is 21.1. The lowest BCUT2D eigenvalue weighted by Crippen LogP contribution is -2.30. The van der Waals surface area contributed by atoms with E-state index >= 15 is 4.39 Å². The molecule has 0 saturated carbocycles. The summed E-state index contributed by atoms with van der Waals surface area (Å²) in [5.41, 5.74) is 2.35. The molecule has 0 bridgehead atoms. The van der Waals surface area contributed by atoms with Crippen LogP contribution in [0.3, 0.4) is 0 Å². The third-order valence-corrected chi connectivity index (χ3v) is 7.60. The summed E-state index contributed by atoms with van der Waals surface area (Å²) in [6, 6.07) is 17.5. The number of rotatable bonds is 6. The molecule has 1 unspecified atom stereocenters. The van der Waals surface area contributed by atoms with Gasteiger partial charge in [-0.2, -0.15) is 0 Å². The van der Waals surface area contributed by atoms with Crippen molar-refractivity contribution in [2.24, 2.45) is 0 Å². The van der Waals surface area contributed by atoms with Crippen molar-refractivity contribution >= 4 is 28.8 Å². The minimum atomic E-state index is -1.14. The minimum Gasteiger partial charge on any atom is -0.507 e. The van der Waals surface area contributed by atoms with Gasteiger partial charge in [0.2, 0.25) is 0 Å². The number of ketones is 1. The lowest BCUT2D eigenvalue weighted by Gasteiger charge is -2.27. The molecule has 1 amide bonds. The number of aliphatic hydroxyl groups is 1. The number of carbonyl (C=O) groups is 2. The highest BCUT2D eigenvalue weighted by molar-refractivity contribution is 6.51. The van der Waals surface area contributed by atoms with E-state index in [1.807, 2.05) is 39.8 Å². The molecule has 6 nitrogen and oxygen atoms in total. The molecule has 2 aliphatic heterocycles. The topological polar surface area (TPSA) is 70.1 Å². The van der Waals surface area contributed by atoms with Crippen molar-refractivity contribution in [3.05, 3.63) is 94.8 Å². The van der Waals surface area contributed by atoms with E-state index in [-0.39, 0.29) is 22.3 Å². The standard InChI is InChI=1S/C33H35FN2O4/c1-5-40-27-17-12-21(20-25(27)33(2,3)4)30(37)28-29(24-10-6-7-11-26(24)34)36(32(39)31(28)38)23-15-13-22(14-16-23)35-18-8-9-19-35/h6-7,10-17,20,29,37H,5,8-9,18-19H2,1-4H3/b30-28+. The number of aliphatic hydroxyl groups excluding tert-OH is 1. The van der Waals surface area contributed by atoms with E-state index in [0.29, 0.717) is 23.6 Å². The van der Waals surface area contributed by atoms with E-state index in [4.69, 9.17) is 4.74 Å². The van der Waals surface area contributed by atoms with Crippen LogP contribution in [0.15, 0.2) is 72.3 Å². The smallest absolute Gasteiger partial charge is 0.300 e. The Kier molecular flexibility index (Phi) is 7.41. The molecule has 3 aromatic rings. The summed E-state index contributed by atoms with van der Waals surface area (Å²) in [4.78, 5) is 30.7. The van der Waals surface area contributed by atoms with Gasteiger partial charge in [0.15, 0.2) is 0 Å². The zero-order valence-corrected chi connectivity index (χ0v) is 23.4. The van der Waals surface area contributed by atoms with Gasteiger partial charge in [0.05, 0.1) is 18.2 Å². The average Bonchev–Trinajstić information content (AvgIpc) is 3.56. The molecule has 2 heterocycles. The van der Waals surface area contributed by atoms with Gasteiger partial charge in [-0.25, -0.2) is 4.39 Å². The van der Waals surface area contributed by atoms with Crippen molar-refractivity contribution in [1.29, 1.82) is 0 Å². The molecular weight excluding hydrogens is 507 g/mol. The van der Waals surface area contributed by atoms with Gasteiger partial charge in [-0.15, -0.1) is 0 Å². The number of benzene rings is 3. The van der Waals surface area contributed by atoms with Crippen molar-refractivity contribution in [3.63, 3.8) is 0 Å². The third-order valence-electron chi connectivity index (χ3n) is 7.60. The number of carbonyl (C=O) groups excluding carboxylic acids is 2. The van der Waals surface area contributed by atoms with Gasteiger partial charge in [-0.1, -0.05) is 39.0 Å². The molecule has 0 radical (unpaired) electrons. The van der Waals surface area contributed by atoms with Crippen molar-refractivity contribution in [3.8, 4) is 5.75 Å². The van der Waals surface area contributed by atoms with E-state index in [2.05, 4.69) is 4.90 Å². The number of nitrogens with zero attached hydrogens (tertiary/aromatic N) is 2.